The Labute approximate surface area is 123 Å². The minimum atomic E-state index is 0. The smallest absolute Gasteiger partial charge is 0.148 e. The monoisotopic (exact) mass is 301 g/mol. The summed E-state index contributed by atoms with van der Waals surface area (Å²) in [5.74, 6) is 0. The van der Waals surface area contributed by atoms with E-state index in [1.54, 1.807) is 0 Å². The van der Waals surface area contributed by atoms with Crippen molar-refractivity contribution in [2.75, 3.05) is 27.2 Å². The van der Waals surface area contributed by atoms with Crippen molar-refractivity contribution in [1.82, 2.24) is 9.78 Å². The molecule has 104 valence electrons. The second-order valence-corrected chi connectivity index (χ2v) is 5.48. The molecule has 1 N–H and O–H groups in total. The third kappa shape index (κ3) is 2.72. The summed E-state index contributed by atoms with van der Waals surface area (Å²) in [7, 11) is 4.27. The quantitative estimate of drug-likeness (QED) is 0.690. The lowest BCUT2D eigenvalue weighted by Gasteiger charge is -2.25. The standard InChI is InChI=1S/C13H16ClN3O.ClH/c1-16(2)8-12-13-10-7-9(14)3-4-11(10)15-17(13)5-6-18-12;/h3-4,7,12H,5-6,8H2,1-2H3;1H. The lowest BCUT2D eigenvalue weighted by molar-refractivity contribution is -0.862. The number of aromatic nitrogens is 2. The van der Waals surface area contributed by atoms with E-state index < -0.39 is 0 Å². The Hall–Kier alpha value is -0.810. The van der Waals surface area contributed by atoms with Gasteiger partial charge in [0.2, 0.25) is 0 Å². The molecule has 0 spiro atoms. The number of hydrogen-bond acceptors (Lipinski definition) is 2. The van der Waals surface area contributed by atoms with E-state index in [-0.39, 0.29) is 18.5 Å². The fourth-order valence-corrected chi connectivity index (χ4v) is 2.69. The van der Waals surface area contributed by atoms with Gasteiger partial charge in [-0.3, -0.25) is 4.68 Å². The summed E-state index contributed by atoms with van der Waals surface area (Å²) < 4.78 is 7.96. The van der Waals surface area contributed by atoms with Crippen molar-refractivity contribution in [3.63, 3.8) is 0 Å². The van der Waals surface area contributed by atoms with Crippen LogP contribution in [0, 0.1) is 0 Å². The van der Waals surface area contributed by atoms with Gasteiger partial charge >= 0.3 is 0 Å². The number of nitrogens with one attached hydrogen (secondary N) is 1. The number of halogens is 2. The number of likely N-dealkylation sites (N-methyl/N-ethyl adjacent to an activating group) is 1. The van der Waals surface area contributed by atoms with Crippen molar-refractivity contribution in [2.24, 2.45) is 0 Å². The van der Waals surface area contributed by atoms with Crippen LogP contribution < -0.4 is 17.3 Å². The molecule has 0 saturated heterocycles. The first kappa shape index (κ1) is 14.6. The third-order valence-electron chi connectivity index (χ3n) is 3.26. The highest BCUT2D eigenvalue weighted by molar-refractivity contribution is 6.31. The number of hydrogen-bond donors (Lipinski definition) is 1. The Morgan fingerprint density at radius 2 is 2.26 bits per heavy atom. The van der Waals surface area contributed by atoms with E-state index >= 15 is 0 Å². The molecule has 4 nitrogen and oxygen atoms in total. The van der Waals surface area contributed by atoms with Crippen molar-refractivity contribution in [3.8, 4) is 0 Å². The molecule has 0 aliphatic carbocycles. The van der Waals surface area contributed by atoms with Crippen LogP contribution in [-0.4, -0.2) is 37.0 Å². The molecule has 19 heavy (non-hydrogen) atoms. The Kier molecular flexibility index (Phi) is 4.36. The van der Waals surface area contributed by atoms with E-state index in [2.05, 4.69) is 23.9 Å². The molecule has 2 heterocycles. The maximum atomic E-state index is 6.09. The zero-order valence-electron chi connectivity index (χ0n) is 11.0. The van der Waals surface area contributed by atoms with Gasteiger partial charge in [-0.2, -0.15) is 5.10 Å². The molecule has 0 radical (unpaired) electrons. The van der Waals surface area contributed by atoms with Gasteiger partial charge in [0, 0.05) is 10.4 Å². The van der Waals surface area contributed by atoms with E-state index in [9.17, 15) is 0 Å². The van der Waals surface area contributed by atoms with Gasteiger partial charge in [-0.15, -0.1) is 0 Å². The number of ether oxygens (including phenoxy) is 1. The summed E-state index contributed by atoms with van der Waals surface area (Å²) >= 11 is 6.09. The normalized spacial score (nSPS) is 18.4. The van der Waals surface area contributed by atoms with Crippen molar-refractivity contribution in [2.45, 2.75) is 12.6 Å². The number of fused-ring (bicyclic) bond motifs is 3. The average molecular weight is 302 g/mol. The summed E-state index contributed by atoms with van der Waals surface area (Å²) in [6, 6.07) is 5.85. The lowest BCUT2D eigenvalue weighted by atomic mass is 10.1. The van der Waals surface area contributed by atoms with E-state index in [1.165, 1.54) is 10.6 Å². The van der Waals surface area contributed by atoms with Crippen LogP contribution in [0.1, 0.15) is 11.8 Å². The van der Waals surface area contributed by atoms with Gasteiger partial charge in [-0.05, 0) is 18.2 Å². The Morgan fingerprint density at radius 1 is 1.47 bits per heavy atom. The summed E-state index contributed by atoms with van der Waals surface area (Å²) in [6.07, 6.45) is 0.104. The van der Waals surface area contributed by atoms with E-state index in [4.69, 9.17) is 16.3 Å². The summed E-state index contributed by atoms with van der Waals surface area (Å²) in [6.45, 7) is 2.49. The summed E-state index contributed by atoms with van der Waals surface area (Å²) in [5, 5.41) is 6.49. The lowest BCUT2D eigenvalue weighted by Crippen LogP contribution is -3.06. The molecule has 1 unspecified atom stereocenters. The van der Waals surface area contributed by atoms with Gasteiger partial charge in [0.25, 0.3) is 0 Å². The van der Waals surface area contributed by atoms with Crippen LogP contribution in [-0.2, 0) is 11.3 Å². The third-order valence-corrected chi connectivity index (χ3v) is 3.50. The van der Waals surface area contributed by atoms with Gasteiger partial charge < -0.3 is 22.0 Å². The molecule has 1 aromatic carbocycles. The highest BCUT2D eigenvalue weighted by Crippen LogP contribution is 2.30. The Bertz CT molecular complexity index is 583. The first-order valence-electron chi connectivity index (χ1n) is 6.22. The van der Waals surface area contributed by atoms with Crippen LogP contribution in [0.5, 0.6) is 0 Å². The first-order chi connectivity index (χ1) is 8.65. The van der Waals surface area contributed by atoms with Crippen LogP contribution in [0.4, 0.5) is 0 Å². The fraction of sp³-hybridized carbons (Fsp3) is 0.462. The molecule has 1 atom stereocenters. The maximum Gasteiger partial charge on any atom is 0.148 e. The zero-order valence-corrected chi connectivity index (χ0v) is 12.5. The SMILES string of the molecule is C[NH+](C)CC1OCCn2nc3ccc(Cl)cc3c21.[Cl-]. The van der Waals surface area contributed by atoms with E-state index in [0.717, 1.165) is 35.6 Å². The fourth-order valence-electron chi connectivity index (χ4n) is 2.52. The largest absolute Gasteiger partial charge is 1.00 e. The van der Waals surface area contributed by atoms with Crippen LogP contribution in [0.3, 0.4) is 0 Å². The number of nitrogens with zero attached hydrogens (tertiary/aromatic N) is 2. The number of benzene rings is 1. The first-order valence-corrected chi connectivity index (χ1v) is 6.59. The van der Waals surface area contributed by atoms with Gasteiger partial charge in [0.05, 0.1) is 38.5 Å². The van der Waals surface area contributed by atoms with Gasteiger partial charge in [0.1, 0.15) is 12.6 Å². The molecule has 0 fully saturated rings. The molecule has 1 aliphatic rings. The highest BCUT2D eigenvalue weighted by Gasteiger charge is 2.27. The molecular weight excluding hydrogens is 285 g/mol. The molecular formula is C13H17Cl2N3O. The number of rotatable bonds is 2. The average Bonchev–Trinajstić information content (AvgIpc) is 2.67. The minimum Gasteiger partial charge on any atom is -1.00 e. The van der Waals surface area contributed by atoms with E-state index in [0.29, 0.717) is 0 Å². The minimum absolute atomic E-state index is 0. The van der Waals surface area contributed by atoms with Crippen LogP contribution in [0.25, 0.3) is 10.9 Å². The predicted octanol–water partition coefficient (Wildman–Crippen LogP) is -2.09. The maximum absolute atomic E-state index is 6.09. The second kappa shape index (κ2) is 5.67. The number of quaternary nitrogens is 1. The van der Waals surface area contributed by atoms with Crippen molar-refractivity contribution in [1.29, 1.82) is 0 Å². The molecule has 1 aliphatic heterocycles. The van der Waals surface area contributed by atoms with Gasteiger partial charge in [0.15, 0.2) is 0 Å². The van der Waals surface area contributed by atoms with Gasteiger partial charge in [-0.25, -0.2) is 0 Å². The van der Waals surface area contributed by atoms with Crippen molar-refractivity contribution < 1.29 is 22.0 Å². The zero-order chi connectivity index (χ0) is 12.7. The highest BCUT2D eigenvalue weighted by atomic mass is 35.5. The van der Waals surface area contributed by atoms with Crippen LogP contribution in [0.15, 0.2) is 18.2 Å². The topological polar surface area (TPSA) is 31.5 Å². The van der Waals surface area contributed by atoms with Crippen molar-refractivity contribution in [3.05, 3.63) is 28.9 Å². The molecule has 0 bridgehead atoms. The Morgan fingerprint density at radius 3 is 3.00 bits per heavy atom. The van der Waals surface area contributed by atoms with Crippen LogP contribution in [0.2, 0.25) is 5.02 Å². The predicted molar refractivity (Wildman–Crippen MR) is 71.1 cm³/mol. The van der Waals surface area contributed by atoms with Gasteiger partial charge in [-0.1, -0.05) is 11.6 Å². The molecule has 3 rings (SSSR count). The molecule has 6 heteroatoms. The molecule has 1 aromatic heterocycles. The van der Waals surface area contributed by atoms with Crippen LogP contribution >= 0.6 is 11.6 Å². The Balaban J connectivity index is 0.00000133. The van der Waals surface area contributed by atoms with Crippen molar-refractivity contribution >= 4 is 22.5 Å². The molecule has 2 aromatic rings. The van der Waals surface area contributed by atoms with E-state index in [1.807, 2.05) is 18.2 Å². The molecule has 0 amide bonds. The summed E-state index contributed by atoms with van der Waals surface area (Å²) in [5.41, 5.74) is 2.17. The second-order valence-electron chi connectivity index (χ2n) is 5.04. The summed E-state index contributed by atoms with van der Waals surface area (Å²) in [4.78, 5) is 1.37. The molecule has 0 saturated carbocycles.